The molecular weight excluding hydrogens is 354 g/mol. The number of rotatable bonds is 5. The van der Waals surface area contributed by atoms with Crippen LogP contribution < -0.4 is 10.5 Å². The van der Waals surface area contributed by atoms with Gasteiger partial charge in [-0.2, -0.15) is 0 Å². The summed E-state index contributed by atoms with van der Waals surface area (Å²) in [6, 6.07) is 1.48. The summed E-state index contributed by atoms with van der Waals surface area (Å²) in [4.78, 5) is 3.90. The minimum Gasteiger partial charge on any atom is -0.383 e. The Morgan fingerprint density at radius 1 is 1.48 bits per heavy atom. The van der Waals surface area contributed by atoms with E-state index in [1.165, 1.54) is 37.9 Å². The number of nitrogen functional groups attached to an aromatic ring is 1. The van der Waals surface area contributed by atoms with Crippen LogP contribution in [0.25, 0.3) is 0 Å². The van der Waals surface area contributed by atoms with Crippen molar-refractivity contribution in [2.24, 2.45) is 11.8 Å². The fourth-order valence-corrected chi connectivity index (χ4v) is 4.58. The van der Waals surface area contributed by atoms with Crippen molar-refractivity contribution in [3.63, 3.8) is 0 Å². The number of pyridine rings is 1. The highest BCUT2D eigenvalue weighted by molar-refractivity contribution is 9.10. The largest absolute Gasteiger partial charge is 0.383 e. The van der Waals surface area contributed by atoms with E-state index >= 15 is 0 Å². The van der Waals surface area contributed by atoms with Crippen LogP contribution in [-0.2, 0) is 10.0 Å². The average molecular weight is 376 g/mol. The van der Waals surface area contributed by atoms with E-state index in [9.17, 15) is 8.42 Å². The Balaban J connectivity index is 1.93. The fraction of sp³-hybridized carbons (Fsp3) is 0.643. The van der Waals surface area contributed by atoms with Crippen LogP contribution in [0.15, 0.2) is 21.6 Å². The van der Waals surface area contributed by atoms with Crippen molar-refractivity contribution in [2.75, 3.05) is 12.3 Å². The van der Waals surface area contributed by atoms with Crippen LogP contribution in [0.5, 0.6) is 0 Å². The highest BCUT2D eigenvalue weighted by atomic mass is 79.9. The summed E-state index contributed by atoms with van der Waals surface area (Å²) in [5.41, 5.74) is 5.66. The first-order valence-electron chi connectivity index (χ1n) is 7.29. The Bertz CT molecular complexity index is 592. The second kappa shape index (κ2) is 7.07. The van der Waals surface area contributed by atoms with Crippen molar-refractivity contribution in [3.8, 4) is 0 Å². The Morgan fingerprint density at radius 2 is 2.24 bits per heavy atom. The van der Waals surface area contributed by atoms with Gasteiger partial charge in [0.15, 0.2) is 0 Å². The van der Waals surface area contributed by atoms with E-state index in [-0.39, 0.29) is 10.7 Å². The molecule has 0 saturated heterocycles. The van der Waals surface area contributed by atoms with Crippen LogP contribution in [0.2, 0.25) is 0 Å². The monoisotopic (exact) mass is 375 g/mol. The molecular formula is C14H22BrN3O2S. The molecule has 0 spiro atoms. The number of hydrogen-bond acceptors (Lipinski definition) is 4. The Kier molecular flexibility index (Phi) is 5.62. The summed E-state index contributed by atoms with van der Waals surface area (Å²) in [5, 5.41) is 0. The Morgan fingerprint density at radius 3 is 2.95 bits per heavy atom. The van der Waals surface area contributed by atoms with Crippen molar-refractivity contribution in [1.29, 1.82) is 0 Å². The molecule has 1 heterocycles. The summed E-state index contributed by atoms with van der Waals surface area (Å²) in [6.45, 7) is 2.72. The molecule has 7 heteroatoms. The molecule has 1 aliphatic carbocycles. The minimum absolute atomic E-state index is 0.0250. The summed E-state index contributed by atoms with van der Waals surface area (Å²) >= 11 is 3.22. The molecule has 0 aliphatic heterocycles. The molecule has 0 radical (unpaired) electrons. The molecule has 1 fully saturated rings. The van der Waals surface area contributed by atoms with Gasteiger partial charge in [0.25, 0.3) is 0 Å². The molecule has 0 bridgehead atoms. The van der Waals surface area contributed by atoms with Gasteiger partial charge in [0.1, 0.15) is 10.7 Å². The lowest BCUT2D eigenvalue weighted by Crippen LogP contribution is -2.28. The standard InChI is InChI=1S/C14H22BrN3O2S/c1-10-3-2-4-11(7-10)5-6-18-21(19,20)13-8-12(15)9-17-14(13)16/h8-11,18H,2-7H2,1H3,(H2,16,17). The third kappa shape index (κ3) is 4.66. The van der Waals surface area contributed by atoms with Crippen LogP contribution in [0.3, 0.4) is 0 Å². The quantitative estimate of drug-likeness (QED) is 0.828. The van der Waals surface area contributed by atoms with Crippen LogP contribution >= 0.6 is 15.9 Å². The van der Waals surface area contributed by atoms with Gasteiger partial charge >= 0.3 is 0 Å². The van der Waals surface area contributed by atoms with Crippen LogP contribution in [0.1, 0.15) is 39.0 Å². The number of aromatic nitrogens is 1. The lowest BCUT2D eigenvalue weighted by atomic mass is 9.81. The molecule has 118 valence electrons. The summed E-state index contributed by atoms with van der Waals surface area (Å²) in [6.07, 6.45) is 7.31. The molecule has 1 saturated carbocycles. The zero-order valence-electron chi connectivity index (χ0n) is 12.2. The lowest BCUT2D eigenvalue weighted by Gasteiger charge is -2.26. The second-order valence-corrected chi connectivity index (χ2v) is 8.51. The van der Waals surface area contributed by atoms with E-state index in [0.29, 0.717) is 16.9 Å². The van der Waals surface area contributed by atoms with Crippen molar-refractivity contribution >= 4 is 31.8 Å². The maximum absolute atomic E-state index is 12.3. The van der Waals surface area contributed by atoms with Gasteiger partial charge in [0.05, 0.1) is 0 Å². The number of anilines is 1. The minimum atomic E-state index is -3.60. The van der Waals surface area contributed by atoms with Crippen molar-refractivity contribution in [1.82, 2.24) is 9.71 Å². The second-order valence-electron chi connectivity index (χ2n) is 5.86. The summed E-state index contributed by atoms with van der Waals surface area (Å²) in [7, 11) is -3.60. The zero-order valence-corrected chi connectivity index (χ0v) is 14.6. The number of hydrogen-bond donors (Lipinski definition) is 2. The van der Waals surface area contributed by atoms with Crippen LogP contribution in [-0.4, -0.2) is 19.9 Å². The molecule has 0 amide bonds. The molecule has 5 nitrogen and oxygen atoms in total. The maximum atomic E-state index is 12.3. The van der Waals surface area contributed by atoms with E-state index in [2.05, 4.69) is 32.6 Å². The van der Waals surface area contributed by atoms with E-state index in [4.69, 9.17) is 5.73 Å². The van der Waals surface area contributed by atoms with Gasteiger partial charge in [-0.15, -0.1) is 0 Å². The van der Waals surface area contributed by atoms with Gasteiger partial charge in [0.2, 0.25) is 10.0 Å². The van der Waals surface area contributed by atoms with Crippen LogP contribution in [0, 0.1) is 11.8 Å². The van der Waals surface area contributed by atoms with E-state index in [1.54, 1.807) is 0 Å². The number of halogens is 1. The first kappa shape index (κ1) is 16.7. The highest BCUT2D eigenvalue weighted by Crippen LogP contribution is 2.30. The predicted molar refractivity (Wildman–Crippen MR) is 87.3 cm³/mol. The third-order valence-corrected chi connectivity index (χ3v) is 5.95. The van der Waals surface area contributed by atoms with E-state index in [0.717, 1.165) is 12.3 Å². The predicted octanol–water partition coefficient (Wildman–Crippen LogP) is 2.92. The molecule has 3 N–H and O–H groups in total. The molecule has 2 atom stereocenters. The zero-order chi connectivity index (χ0) is 15.5. The van der Waals surface area contributed by atoms with Crippen molar-refractivity contribution in [2.45, 2.75) is 43.9 Å². The molecule has 0 aromatic carbocycles. The third-order valence-electron chi connectivity index (χ3n) is 4.03. The van der Waals surface area contributed by atoms with Gasteiger partial charge in [-0.3, -0.25) is 0 Å². The number of nitrogens with zero attached hydrogens (tertiary/aromatic N) is 1. The van der Waals surface area contributed by atoms with Crippen molar-refractivity contribution in [3.05, 3.63) is 16.7 Å². The van der Waals surface area contributed by atoms with Gasteiger partial charge in [0, 0.05) is 17.2 Å². The number of nitrogens with one attached hydrogen (secondary N) is 1. The summed E-state index contributed by atoms with van der Waals surface area (Å²) in [5.74, 6) is 1.40. The SMILES string of the molecule is CC1CCCC(CCNS(=O)(=O)c2cc(Br)cnc2N)C1. The highest BCUT2D eigenvalue weighted by Gasteiger charge is 2.21. The molecule has 2 unspecified atom stereocenters. The van der Waals surface area contributed by atoms with E-state index in [1.807, 2.05) is 0 Å². The smallest absolute Gasteiger partial charge is 0.244 e. The first-order valence-corrected chi connectivity index (χ1v) is 9.57. The molecule has 1 aliphatic rings. The normalized spacial score (nSPS) is 23.1. The summed E-state index contributed by atoms with van der Waals surface area (Å²) < 4.78 is 27.8. The molecule has 1 aromatic rings. The molecule has 2 rings (SSSR count). The molecule has 21 heavy (non-hydrogen) atoms. The average Bonchev–Trinajstić information content (AvgIpc) is 2.41. The molecule has 1 aromatic heterocycles. The number of sulfonamides is 1. The van der Waals surface area contributed by atoms with Gasteiger partial charge in [-0.05, 0) is 46.7 Å². The Labute approximate surface area is 134 Å². The lowest BCUT2D eigenvalue weighted by molar-refractivity contribution is 0.271. The first-order chi connectivity index (χ1) is 9.88. The topological polar surface area (TPSA) is 85.1 Å². The van der Waals surface area contributed by atoms with Gasteiger partial charge in [-0.25, -0.2) is 18.1 Å². The van der Waals surface area contributed by atoms with Gasteiger partial charge in [-0.1, -0.05) is 26.2 Å². The fourth-order valence-electron chi connectivity index (χ4n) is 2.94. The van der Waals surface area contributed by atoms with Crippen molar-refractivity contribution < 1.29 is 8.42 Å². The number of nitrogens with two attached hydrogens (primary N) is 1. The van der Waals surface area contributed by atoms with E-state index < -0.39 is 10.0 Å². The van der Waals surface area contributed by atoms with Crippen LogP contribution in [0.4, 0.5) is 5.82 Å². The maximum Gasteiger partial charge on any atom is 0.244 e. The Hall–Kier alpha value is -0.660. The van der Waals surface area contributed by atoms with Gasteiger partial charge < -0.3 is 5.73 Å².